The fourth-order valence-corrected chi connectivity index (χ4v) is 2.74. The lowest BCUT2D eigenvalue weighted by molar-refractivity contribution is -0.113. The van der Waals surface area contributed by atoms with Crippen LogP contribution in [0.5, 0.6) is 0 Å². The van der Waals surface area contributed by atoms with E-state index in [0.717, 1.165) is 4.90 Å². The van der Waals surface area contributed by atoms with E-state index < -0.39 is 5.97 Å². The highest BCUT2D eigenvalue weighted by atomic mass is 79.9. The molecule has 0 radical (unpaired) electrons. The Bertz CT molecular complexity index is 665. The summed E-state index contributed by atoms with van der Waals surface area (Å²) in [5, 5.41) is 11.7. The molecule has 21 heavy (non-hydrogen) atoms. The molecule has 1 aromatic heterocycles. The van der Waals surface area contributed by atoms with Gasteiger partial charge < -0.3 is 10.4 Å². The van der Waals surface area contributed by atoms with Crippen LogP contribution >= 0.6 is 27.7 Å². The Morgan fingerprint density at radius 1 is 1.24 bits per heavy atom. The number of amides is 1. The number of halogens is 1. The highest BCUT2D eigenvalue weighted by molar-refractivity contribution is 9.10. The van der Waals surface area contributed by atoms with E-state index in [1.165, 1.54) is 23.9 Å². The molecule has 0 unspecified atom stereocenters. The van der Waals surface area contributed by atoms with Crippen LogP contribution in [0.2, 0.25) is 0 Å². The van der Waals surface area contributed by atoms with Gasteiger partial charge in [0.05, 0.1) is 11.3 Å². The van der Waals surface area contributed by atoms with Crippen molar-refractivity contribution in [2.24, 2.45) is 0 Å². The van der Waals surface area contributed by atoms with Crippen LogP contribution < -0.4 is 5.32 Å². The third kappa shape index (κ3) is 4.87. The standard InChI is InChI=1S/C14H11BrN2O3S/c15-10-5-9(14(19)20)6-11(7-10)17-13(18)8-21-12-1-3-16-4-2-12/h1-7H,8H2,(H,17,18)(H,19,20). The van der Waals surface area contributed by atoms with Crippen molar-refractivity contribution in [2.75, 3.05) is 11.1 Å². The molecule has 0 bridgehead atoms. The smallest absolute Gasteiger partial charge is 0.335 e. The molecule has 0 aliphatic rings. The van der Waals surface area contributed by atoms with Crippen LogP contribution in [0.3, 0.4) is 0 Å². The van der Waals surface area contributed by atoms with Gasteiger partial charge in [-0.1, -0.05) is 15.9 Å². The summed E-state index contributed by atoms with van der Waals surface area (Å²) < 4.78 is 0.597. The summed E-state index contributed by atoms with van der Waals surface area (Å²) in [5.41, 5.74) is 0.559. The zero-order valence-electron chi connectivity index (χ0n) is 10.7. The summed E-state index contributed by atoms with van der Waals surface area (Å²) in [4.78, 5) is 27.7. The monoisotopic (exact) mass is 366 g/mol. The normalized spacial score (nSPS) is 10.1. The lowest BCUT2D eigenvalue weighted by Gasteiger charge is -2.07. The molecule has 2 aromatic rings. The van der Waals surface area contributed by atoms with E-state index in [0.29, 0.717) is 10.2 Å². The Morgan fingerprint density at radius 3 is 2.62 bits per heavy atom. The first-order valence-corrected chi connectivity index (χ1v) is 7.69. The van der Waals surface area contributed by atoms with E-state index in [-0.39, 0.29) is 17.2 Å². The van der Waals surface area contributed by atoms with Gasteiger partial charge in [-0.2, -0.15) is 0 Å². The molecule has 0 saturated carbocycles. The second-order valence-corrected chi connectivity index (χ2v) is 6.02. The van der Waals surface area contributed by atoms with Crippen molar-refractivity contribution in [2.45, 2.75) is 4.90 Å². The molecule has 2 rings (SSSR count). The average molecular weight is 367 g/mol. The zero-order valence-corrected chi connectivity index (χ0v) is 13.1. The van der Waals surface area contributed by atoms with Crippen LogP contribution in [0.15, 0.2) is 52.1 Å². The number of benzene rings is 1. The largest absolute Gasteiger partial charge is 0.478 e. The molecule has 0 saturated heterocycles. The molecule has 2 N–H and O–H groups in total. The van der Waals surface area contributed by atoms with Crippen molar-refractivity contribution in [1.29, 1.82) is 0 Å². The van der Waals surface area contributed by atoms with Crippen molar-refractivity contribution in [3.8, 4) is 0 Å². The van der Waals surface area contributed by atoms with Crippen molar-refractivity contribution in [1.82, 2.24) is 4.98 Å². The van der Waals surface area contributed by atoms with Crippen LogP contribution in [0, 0.1) is 0 Å². The van der Waals surface area contributed by atoms with Gasteiger partial charge in [-0.25, -0.2) is 4.79 Å². The number of nitrogens with one attached hydrogen (secondary N) is 1. The maximum absolute atomic E-state index is 11.9. The Kier molecular flexibility index (Phi) is 5.35. The van der Waals surface area contributed by atoms with Crippen molar-refractivity contribution in [3.05, 3.63) is 52.8 Å². The van der Waals surface area contributed by atoms with E-state index in [1.54, 1.807) is 18.5 Å². The number of thioether (sulfide) groups is 1. The summed E-state index contributed by atoms with van der Waals surface area (Å²) in [6.07, 6.45) is 3.32. The molecule has 108 valence electrons. The van der Waals surface area contributed by atoms with Crippen LogP contribution in [0.4, 0.5) is 5.69 Å². The number of aromatic nitrogens is 1. The summed E-state index contributed by atoms with van der Waals surface area (Å²) in [7, 11) is 0. The van der Waals surface area contributed by atoms with E-state index in [2.05, 4.69) is 26.2 Å². The topological polar surface area (TPSA) is 79.3 Å². The van der Waals surface area contributed by atoms with Crippen LogP contribution in [0.25, 0.3) is 0 Å². The van der Waals surface area contributed by atoms with Gasteiger partial charge in [0.1, 0.15) is 0 Å². The lowest BCUT2D eigenvalue weighted by Crippen LogP contribution is -2.14. The number of carbonyl (C=O) groups excluding carboxylic acids is 1. The van der Waals surface area contributed by atoms with E-state index in [9.17, 15) is 9.59 Å². The van der Waals surface area contributed by atoms with E-state index >= 15 is 0 Å². The first kappa shape index (κ1) is 15.5. The first-order chi connectivity index (χ1) is 10.0. The number of pyridine rings is 1. The molecule has 0 spiro atoms. The molecule has 0 fully saturated rings. The SMILES string of the molecule is O=C(CSc1ccncc1)Nc1cc(Br)cc(C(=O)O)c1. The summed E-state index contributed by atoms with van der Waals surface area (Å²) in [6, 6.07) is 8.19. The first-order valence-electron chi connectivity index (χ1n) is 5.91. The minimum absolute atomic E-state index is 0.112. The maximum Gasteiger partial charge on any atom is 0.335 e. The van der Waals surface area contributed by atoms with Crippen molar-refractivity contribution < 1.29 is 14.7 Å². The summed E-state index contributed by atoms with van der Waals surface area (Å²) in [5.74, 6) is -1.01. The van der Waals surface area contributed by atoms with Gasteiger partial charge >= 0.3 is 5.97 Å². The second-order valence-electron chi connectivity index (χ2n) is 4.05. The van der Waals surface area contributed by atoms with Gasteiger partial charge in [-0.05, 0) is 30.3 Å². The molecule has 1 aromatic carbocycles. The molecule has 1 heterocycles. The Hall–Kier alpha value is -1.86. The lowest BCUT2D eigenvalue weighted by atomic mass is 10.2. The maximum atomic E-state index is 11.9. The highest BCUT2D eigenvalue weighted by Crippen LogP contribution is 2.21. The average Bonchev–Trinajstić information content (AvgIpc) is 2.45. The Labute approximate surface area is 133 Å². The number of carboxylic acids is 1. The number of anilines is 1. The number of hydrogen-bond acceptors (Lipinski definition) is 4. The molecule has 5 nitrogen and oxygen atoms in total. The summed E-state index contributed by atoms with van der Waals surface area (Å²) >= 11 is 4.60. The minimum Gasteiger partial charge on any atom is -0.478 e. The number of rotatable bonds is 5. The van der Waals surface area contributed by atoms with Gasteiger partial charge in [-0.15, -0.1) is 11.8 Å². The van der Waals surface area contributed by atoms with E-state index in [4.69, 9.17) is 5.11 Å². The van der Waals surface area contributed by atoms with Gasteiger partial charge in [0.2, 0.25) is 5.91 Å². The minimum atomic E-state index is -1.04. The second kappa shape index (κ2) is 7.24. The molecule has 0 atom stereocenters. The van der Waals surface area contributed by atoms with Crippen LogP contribution in [-0.4, -0.2) is 27.7 Å². The molecule has 1 amide bonds. The predicted octanol–water partition coefficient (Wildman–Crippen LogP) is 3.27. The number of nitrogens with zero attached hydrogens (tertiary/aromatic N) is 1. The zero-order chi connectivity index (χ0) is 15.2. The Balaban J connectivity index is 1.98. The molecule has 0 aliphatic heterocycles. The number of carbonyl (C=O) groups is 2. The fourth-order valence-electron chi connectivity index (χ4n) is 1.57. The van der Waals surface area contributed by atoms with Gasteiger partial charge in [0.25, 0.3) is 0 Å². The third-order valence-corrected chi connectivity index (χ3v) is 3.92. The summed E-state index contributed by atoms with van der Waals surface area (Å²) in [6.45, 7) is 0. The predicted molar refractivity (Wildman–Crippen MR) is 84.7 cm³/mol. The Morgan fingerprint density at radius 2 is 1.95 bits per heavy atom. The number of carboxylic acid groups (broad SMARTS) is 1. The molecule has 7 heteroatoms. The quantitative estimate of drug-likeness (QED) is 0.793. The fraction of sp³-hybridized carbons (Fsp3) is 0.0714. The molecular weight excluding hydrogens is 356 g/mol. The van der Waals surface area contributed by atoms with Crippen molar-refractivity contribution >= 4 is 45.3 Å². The van der Waals surface area contributed by atoms with Crippen molar-refractivity contribution in [3.63, 3.8) is 0 Å². The number of hydrogen-bond donors (Lipinski definition) is 2. The molecule has 0 aliphatic carbocycles. The van der Waals surface area contributed by atoms with Crippen LogP contribution in [-0.2, 0) is 4.79 Å². The van der Waals surface area contributed by atoms with E-state index in [1.807, 2.05) is 12.1 Å². The third-order valence-electron chi connectivity index (χ3n) is 2.45. The van der Waals surface area contributed by atoms with Gasteiger partial charge in [-0.3, -0.25) is 9.78 Å². The number of aromatic carboxylic acids is 1. The van der Waals surface area contributed by atoms with Gasteiger partial charge in [0, 0.05) is 27.4 Å². The highest BCUT2D eigenvalue weighted by Gasteiger charge is 2.09. The van der Waals surface area contributed by atoms with Gasteiger partial charge in [0.15, 0.2) is 0 Å². The molecular formula is C14H11BrN2O3S. The van der Waals surface area contributed by atoms with Crippen LogP contribution in [0.1, 0.15) is 10.4 Å².